The molecular weight excluding hydrogens is 178 g/mol. The zero-order chi connectivity index (χ0) is 8.43. The van der Waals surface area contributed by atoms with Crippen LogP contribution < -0.4 is 4.67 Å². The van der Waals surface area contributed by atoms with Crippen molar-refractivity contribution < 1.29 is 4.79 Å². The molecule has 0 saturated carbocycles. The molecule has 0 spiro atoms. The largest absolute Gasteiger partial charge is 0.273 e. The second-order valence-corrected chi connectivity index (χ2v) is 4.62. The van der Waals surface area contributed by atoms with E-state index in [1.54, 1.807) is 20.7 Å². The summed E-state index contributed by atoms with van der Waals surface area (Å²) in [5.41, 5.74) is 1.13. The number of rotatable bonds is 0. The Labute approximate surface area is 72.6 Å². The Morgan fingerprint density at radius 2 is 2.00 bits per heavy atom. The second-order valence-electron chi connectivity index (χ2n) is 2.28. The fourth-order valence-corrected chi connectivity index (χ4v) is 3.03. The minimum Gasteiger partial charge on any atom is -0.273 e. The molecule has 1 aromatic rings. The summed E-state index contributed by atoms with van der Waals surface area (Å²) < 4.78 is 0.861. The van der Waals surface area contributed by atoms with Crippen molar-refractivity contribution in [2.45, 2.75) is 20.8 Å². The first-order valence-corrected chi connectivity index (χ1v) is 5.38. The van der Waals surface area contributed by atoms with E-state index in [1.807, 2.05) is 13.8 Å². The third-order valence-electron chi connectivity index (χ3n) is 1.35. The van der Waals surface area contributed by atoms with Gasteiger partial charge in [0, 0.05) is 11.8 Å². The Morgan fingerprint density at radius 1 is 1.36 bits per heavy atom. The van der Waals surface area contributed by atoms with Crippen LogP contribution in [0, 0.1) is 13.8 Å². The van der Waals surface area contributed by atoms with E-state index in [0.29, 0.717) is 0 Å². The molecule has 2 nitrogen and oxygen atoms in total. The predicted octanol–water partition coefficient (Wildman–Crippen LogP) is 1.87. The SMILES string of the molecule is CC(=O)N=c1ssc(C)c1C. The van der Waals surface area contributed by atoms with Gasteiger partial charge in [-0.1, -0.05) is 20.7 Å². The summed E-state index contributed by atoms with van der Waals surface area (Å²) in [6.07, 6.45) is 0. The highest BCUT2D eigenvalue weighted by Gasteiger charge is 1.98. The standard InChI is InChI=1S/C7H9NOS2/c1-4-5(2)10-11-7(4)8-6(3)9/h1-3H3. The molecule has 1 aromatic heterocycles. The van der Waals surface area contributed by atoms with Gasteiger partial charge in [0.05, 0.1) is 0 Å². The maximum absolute atomic E-state index is 10.6. The summed E-state index contributed by atoms with van der Waals surface area (Å²) in [5.74, 6) is -0.123. The van der Waals surface area contributed by atoms with Gasteiger partial charge in [0.25, 0.3) is 0 Å². The highest BCUT2D eigenvalue weighted by molar-refractivity contribution is 7.68. The van der Waals surface area contributed by atoms with Crippen molar-refractivity contribution in [1.29, 1.82) is 0 Å². The van der Waals surface area contributed by atoms with E-state index in [9.17, 15) is 4.79 Å². The molecule has 0 aromatic carbocycles. The number of hydrogen-bond donors (Lipinski definition) is 0. The van der Waals surface area contributed by atoms with E-state index in [2.05, 4.69) is 4.99 Å². The molecule has 0 saturated heterocycles. The van der Waals surface area contributed by atoms with E-state index in [-0.39, 0.29) is 5.91 Å². The van der Waals surface area contributed by atoms with Gasteiger partial charge in [-0.2, -0.15) is 0 Å². The Bertz CT molecular complexity index is 334. The van der Waals surface area contributed by atoms with Crippen molar-refractivity contribution in [3.63, 3.8) is 0 Å². The van der Waals surface area contributed by atoms with Crippen molar-refractivity contribution in [1.82, 2.24) is 0 Å². The minimum atomic E-state index is -0.123. The van der Waals surface area contributed by atoms with Crippen LogP contribution in [0.3, 0.4) is 0 Å². The molecule has 60 valence electrons. The average Bonchev–Trinajstić information content (AvgIpc) is 2.18. The molecule has 1 amide bonds. The van der Waals surface area contributed by atoms with Gasteiger partial charge >= 0.3 is 0 Å². The first-order valence-electron chi connectivity index (χ1n) is 3.23. The van der Waals surface area contributed by atoms with Crippen LogP contribution in [-0.4, -0.2) is 5.91 Å². The maximum atomic E-state index is 10.6. The number of aryl methyl sites for hydroxylation is 1. The summed E-state index contributed by atoms with van der Waals surface area (Å²) >= 11 is 0. The van der Waals surface area contributed by atoms with Crippen molar-refractivity contribution in [2.24, 2.45) is 4.99 Å². The van der Waals surface area contributed by atoms with Gasteiger partial charge in [0.1, 0.15) is 4.67 Å². The first-order chi connectivity index (χ1) is 5.11. The average molecular weight is 187 g/mol. The van der Waals surface area contributed by atoms with Crippen molar-refractivity contribution >= 4 is 26.6 Å². The lowest BCUT2D eigenvalue weighted by Gasteiger charge is -1.83. The maximum Gasteiger partial charge on any atom is 0.243 e. The Morgan fingerprint density at radius 3 is 2.36 bits per heavy atom. The van der Waals surface area contributed by atoms with E-state index < -0.39 is 0 Å². The van der Waals surface area contributed by atoms with Gasteiger partial charge < -0.3 is 0 Å². The van der Waals surface area contributed by atoms with E-state index in [4.69, 9.17) is 0 Å². The predicted molar refractivity (Wildman–Crippen MR) is 47.9 cm³/mol. The lowest BCUT2D eigenvalue weighted by Crippen LogP contribution is -2.01. The number of amides is 1. The zero-order valence-electron chi connectivity index (χ0n) is 6.67. The minimum absolute atomic E-state index is 0.123. The zero-order valence-corrected chi connectivity index (χ0v) is 8.30. The number of nitrogens with zero attached hydrogens (tertiary/aromatic N) is 1. The quantitative estimate of drug-likeness (QED) is 0.570. The normalized spacial score (nSPS) is 12.1. The molecule has 0 fully saturated rings. The summed E-state index contributed by atoms with van der Waals surface area (Å²) in [6.45, 7) is 5.50. The smallest absolute Gasteiger partial charge is 0.243 e. The van der Waals surface area contributed by atoms with Crippen LogP contribution in [0.1, 0.15) is 17.4 Å². The molecule has 1 rings (SSSR count). The molecule has 0 aliphatic heterocycles. The summed E-state index contributed by atoms with van der Waals surface area (Å²) in [6, 6.07) is 0. The molecule has 0 N–H and O–H groups in total. The Hall–Kier alpha value is -0.480. The van der Waals surface area contributed by atoms with Crippen molar-refractivity contribution in [3.05, 3.63) is 15.1 Å². The van der Waals surface area contributed by atoms with Crippen LogP contribution in [-0.2, 0) is 4.79 Å². The molecule has 4 heteroatoms. The van der Waals surface area contributed by atoms with Gasteiger partial charge in [-0.15, -0.1) is 0 Å². The highest BCUT2D eigenvalue weighted by atomic mass is 32.9. The topological polar surface area (TPSA) is 29.4 Å². The van der Waals surface area contributed by atoms with Gasteiger partial charge in [-0.05, 0) is 19.4 Å². The van der Waals surface area contributed by atoms with Crippen LogP contribution in [0.2, 0.25) is 0 Å². The van der Waals surface area contributed by atoms with Gasteiger partial charge in [-0.25, -0.2) is 4.99 Å². The molecule has 0 unspecified atom stereocenters. The van der Waals surface area contributed by atoms with E-state index in [0.717, 1.165) is 10.2 Å². The molecular formula is C7H9NOS2. The number of carbonyl (C=O) groups is 1. The fraction of sp³-hybridized carbons (Fsp3) is 0.429. The van der Waals surface area contributed by atoms with Crippen LogP contribution in [0.25, 0.3) is 0 Å². The molecule has 0 radical (unpaired) electrons. The highest BCUT2D eigenvalue weighted by Crippen LogP contribution is 2.13. The Kier molecular flexibility index (Phi) is 2.57. The monoisotopic (exact) mass is 187 g/mol. The van der Waals surface area contributed by atoms with Gasteiger partial charge in [0.15, 0.2) is 0 Å². The van der Waals surface area contributed by atoms with Gasteiger partial charge in [-0.3, -0.25) is 4.79 Å². The third-order valence-corrected chi connectivity index (χ3v) is 4.02. The first kappa shape index (κ1) is 8.62. The van der Waals surface area contributed by atoms with Crippen molar-refractivity contribution in [3.8, 4) is 0 Å². The van der Waals surface area contributed by atoms with Crippen LogP contribution in [0.4, 0.5) is 0 Å². The molecule has 0 aliphatic rings. The molecule has 0 bridgehead atoms. The second kappa shape index (κ2) is 3.28. The molecule has 11 heavy (non-hydrogen) atoms. The fourth-order valence-electron chi connectivity index (χ4n) is 0.623. The molecule has 1 heterocycles. The van der Waals surface area contributed by atoms with E-state index >= 15 is 0 Å². The molecule has 0 aliphatic carbocycles. The van der Waals surface area contributed by atoms with Gasteiger partial charge in [0.2, 0.25) is 5.91 Å². The summed E-state index contributed by atoms with van der Waals surface area (Å²) in [7, 11) is 3.23. The van der Waals surface area contributed by atoms with Crippen molar-refractivity contribution in [2.75, 3.05) is 0 Å². The van der Waals surface area contributed by atoms with Crippen LogP contribution in [0.15, 0.2) is 4.99 Å². The summed E-state index contributed by atoms with van der Waals surface area (Å²) in [4.78, 5) is 15.7. The van der Waals surface area contributed by atoms with Crippen LogP contribution >= 0.6 is 20.7 Å². The lowest BCUT2D eigenvalue weighted by molar-refractivity contribution is -0.116. The summed E-state index contributed by atoms with van der Waals surface area (Å²) in [5, 5.41) is 0. The number of carbonyl (C=O) groups excluding carboxylic acids is 1. The van der Waals surface area contributed by atoms with E-state index in [1.165, 1.54) is 11.8 Å². The van der Waals surface area contributed by atoms with Crippen LogP contribution in [0.5, 0.6) is 0 Å². The Balaban J connectivity index is 3.25. The third kappa shape index (κ3) is 1.97. The number of hydrogen-bond acceptors (Lipinski definition) is 3. The molecule has 0 atom stereocenters. The lowest BCUT2D eigenvalue weighted by atomic mass is 10.3.